The van der Waals surface area contributed by atoms with E-state index in [9.17, 15) is 0 Å². The molecular weight excluding hydrogens is 426 g/mol. The predicted octanol–water partition coefficient (Wildman–Crippen LogP) is 4.02. The van der Waals surface area contributed by atoms with Gasteiger partial charge in [-0.3, -0.25) is 4.98 Å². The molecule has 2 aromatic carbocycles. The number of fused-ring (bicyclic) bond motifs is 1. The van der Waals surface area contributed by atoms with Gasteiger partial charge in [0.25, 0.3) is 0 Å². The molecule has 0 bridgehead atoms. The summed E-state index contributed by atoms with van der Waals surface area (Å²) in [6, 6.07) is 19.2. The Morgan fingerprint density at radius 1 is 1.10 bits per heavy atom. The molecule has 1 radical (unpaired) electrons. The zero-order chi connectivity index (χ0) is 13.2. The number of methoxy groups -OCH3 is 1. The minimum Gasteiger partial charge on any atom is -0.495 e. The van der Waals surface area contributed by atoms with Crippen LogP contribution in [-0.2, 0) is 20.1 Å². The standard InChI is InChI=1S/C17H14NO.Ir/c1-12-11-15(13-7-4-3-5-8-13)18-17-14(12)9-6-10-16(17)19-2;/h3-7,9-11H,1-2H3;/q-1;. The van der Waals surface area contributed by atoms with Crippen LogP contribution in [0.25, 0.3) is 22.2 Å². The first kappa shape index (κ1) is 14.7. The molecule has 0 saturated heterocycles. The molecule has 0 N–H and O–H groups in total. The largest absolute Gasteiger partial charge is 0.495 e. The number of hydrogen-bond acceptors (Lipinski definition) is 2. The summed E-state index contributed by atoms with van der Waals surface area (Å²) >= 11 is 0. The maximum absolute atomic E-state index is 5.40. The first-order valence-corrected chi connectivity index (χ1v) is 6.21. The maximum Gasteiger partial charge on any atom is 0.144 e. The minimum atomic E-state index is 0. The molecule has 3 aromatic rings. The number of nitrogens with zero attached hydrogens (tertiary/aromatic N) is 1. The van der Waals surface area contributed by atoms with E-state index >= 15 is 0 Å². The average molecular weight is 441 g/mol. The number of aromatic nitrogens is 1. The summed E-state index contributed by atoms with van der Waals surface area (Å²) in [6.45, 7) is 2.09. The second-order valence-corrected chi connectivity index (χ2v) is 4.46. The van der Waals surface area contributed by atoms with Crippen molar-refractivity contribution in [2.45, 2.75) is 6.92 Å². The number of para-hydroxylation sites is 1. The molecule has 0 aliphatic rings. The van der Waals surface area contributed by atoms with Gasteiger partial charge in [-0.1, -0.05) is 18.2 Å². The molecule has 0 saturated carbocycles. The average Bonchev–Trinajstić information content (AvgIpc) is 2.47. The number of aryl methyl sites for hydroxylation is 1. The first-order valence-electron chi connectivity index (χ1n) is 6.21. The molecule has 0 spiro atoms. The van der Waals surface area contributed by atoms with Gasteiger partial charge < -0.3 is 4.74 Å². The van der Waals surface area contributed by atoms with E-state index in [-0.39, 0.29) is 20.1 Å². The van der Waals surface area contributed by atoms with E-state index in [4.69, 9.17) is 9.72 Å². The Bertz CT molecular complexity index is 726. The van der Waals surface area contributed by atoms with Crippen LogP contribution in [0.3, 0.4) is 0 Å². The van der Waals surface area contributed by atoms with E-state index in [0.717, 1.165) is 27.9 Å². The number of hydrogen-bond donors (Lipinski definition) is 0. The third-order valence-electron chi connectivity index (χ3n) is 3.21. The summed E-state index contributed by atoms with van der Waals surface area (Å²) in [5.41, 5.74) is 4.02. The Balaban J connectivity index is 0.00000147. The summed E-state index contributed by atoms with van der Waals surface area (Å²) in [7, 11) is 1.67. The zero-order valence-corrected chi connectivity index (χ0v) is 13.7. The fraction of sp³-hybridized carbons (Fsp3) is 0.118. The van der Waals surface area contributed by atoms with Crippen LogP contribution in [0.5, 0.6) is 5.75 Å². The summed E-state index contributed by atoms with van der Waals surface area (Å²) in [6.07, 6.45) is 0. The second kappa shape index (κ2) is 6.17. The van der Waals surface area contributed by atoms with Gasteiger partial charge in [-0.2, -0.15) is 0 Å². The third kappa shape index (κ3) is 2.60. The van der Waals surface area contributed by atoms with Crippen molar-refractivity contribution in [1.29, 1.82) is 0 Å². The van der Waals surface area contributed by atoms with Gasteiger partial charge in [-0.05, 0) is 24.2 Å². The molecule has 20 heavy (non-hydrogen) atoms. The fourth-order valence-electron chi connectivity index (χ4n) is 2.25. The van der Waals surface area contributed by atoms with Crippen molar-refractivity contribution in [3.63, 3.8) is 0 Å². The third-order valence-corrected chi connectivity index (χ3v) is 3.21. The van der Waals surface area contributed by atoms with Crippen LogP contribution in [0.4, 0.5) is 0 Å². The summed E-state index contributed by atoms with van der Waals surface area (Å²) in [5, 5.41) is 1.12. The van der Waals surface area contributed by atoms with E-state index in [1.807, 2.05) is 36.4 Å². The van der Waals surface area contributed by atoms with Crippen LogP contribution in [0.15, 0.2) is 48.5 Å². The number of benzene rings is 2. The number of rotatable bonds is 2. The molecule has 0 aliphatic carbocycles. The van der Waals surface area contributed by atoms with E-state index in [1.165, 1.54) is 5.56 Å². The normalized spacial score (nSPS) is 10.1. The Kier molecular flexibility index (Phi) is 4.53. The first-order chi connectivity index (χ1) is 9.29. The molecule has 0 aliphatic heterocycles. The SMILES string of the molecule is COc1cccc2c(C)cc(-c3[c-]cccc3)nc12.[Ir]. The molecule has 1 aromatic heterocycles. The van der Waals surface area contributed by atoms with E-state index in [2.05, 4.69) is 25.1 Å². The molecule has 0 atom stereocenters. The van der Waals surface area contributed by atoms with Gasteiger partial charge in [0.2, 0.25) is 0 Å². The van der Waals surface area contributed by atoms with Crippen LogP contribution >= 0.6 is 0 Å². The fourth-order valence-corrected chi connectivity index (χ4v) is 2.25. The monoisotopic (exact) mass is 441 g/mol. The van der Waals surface area contributed by atoms with E-state index < -0.39 is 0 Å². The van der Waals surface area contributed by atoms with Gasteiger partial charge in [0.1, 0.15) is 11.3 Å². The summed E-state index contributed by atoms with van der Waals surface area (Å²) in [4.78, 5) is 4.72. The van der Waals surface area contributed by atoms with Gasteiger partial charge in [0.05, 0.1) is 7.11 Å². The molecule has 2 nitrogen and oxygen atoms in total. The summed E-state index contributed by atoms with van der Waals surface area (Å²) in [5.74, 6) is 0.804. The van der Waals surface area contributed by atoms with Crippen molar-refractivity contribution in [3.05, 3.63) is 60.2 Å². The maximum atomic E-state index is 5.40. The molecule has 0 fully saturated rings. The van der Waals surface area contributed by atoms with E-state index in [1.54, 1.807) is 7.11 Å². The Morgan fingerprint density at radius 3 is 2.65 bits per heavy atom. The van der Waals surface area contributed by atoms with Crippen molar-refractivity contribution in [2.24, 2.45) is 0 Å². The Labute approximate surface area is 132 Å². The Hall–Kier alpha value is -1.70. The van der Waals surface area contributed by atoms with Crippen LogP contribution in [-0.4, -0.2) is 12.1 Å². The molecule has 3 rings (SSSR count). The van der Waals surface area contributed by atoms with Gasteiger partial charge in [-0.15, -0.1) is 35.9 Å². The minimum absolute atomic E-state index is 0. The molecule has 103 valence electrons. The van der Waals surface area contributed by atoms with Crippen molar-refractivity contribution < 1.29 is 24.8 Å². The number of ether oxygens (including phenoxy) is 1. The van der Waals surface area contributed by atoms with Crippen LogP contribution in [0.1, 0.15) is 5.56 Å². The topological polar surface area (TPSA) is 22.1 Å². The molecule has 1 heterocycles. The van der Waals surface area contributed by atoms with Crippen LogP contribution < -0.4 is 4.74 Å². The molecule has 0 amide bonds. The zero-order valence-electron chi connectivity index (χ0n) is 11.3. The quantitative estimate of drug-likeness (QED) is 0.562. The van der Waals surface area contributed by atoms with Gasteiger partial charge in [0, 0.05) is 25.5 Å². The smallest absolute Gasteiger partial charge is 0.144 e. The van der Waals surface area contributed by atoms with Crippen molar-refractivity contribution in [3.8, 4) is 17.0 Å². The van der Waals surface area contributed by atoms with Crippen molar-refractivity contribution >= 4 is 10.9 Å². The van der Waals surface area contributed by atoms with Gasteiger partial charge >= 0.3 is 0 Å². The Morgan fingerprint density at radius 2 is 1.95 bits per heavy atom. The number of pyridine rings is 1. The van der Waals surface area contributed by atoms with Crippen LogP contribution in [0.2, 0.25) is 0 Å². The molecular formula is C17H14IrNO-. The van der Waals surface area contributed by atoms with E-state index in [0.29, 0.717) is 0 Å². The van der Waals surface area contributed by atoms with Gasteiger partial charge in [0.15, 0.2) is 0 Å². The van der Waals surface area contributed by atoms with Crippen molar-refractivity contribution in [2.75, 3.05) is 7.11 Å². The van der Waals surface area contributed by atoms with Crippen molar-refractivity contribution in [1.82, 2.24) is 4.98 Å². The molecule has 0 unspecified atom stereocenters. The predicted molar refractivity (Wildman–Crippen MR) is 77.3 cm³/mol. The second-order valence-electron chi connectivity index (χ2n) is 4.46. The summed E-state index contributed by atoms with van der Waals surface area (Å²) < 4.78 is 5.40. The van der Waals surface area contributed by atoms with Crippen LogP contribution in [0, 0.1) is 13.0 Å². The molecule has 3 heteroatoms. The van der Waals surface area contributed by atoms with Gasteiger partial charge in [-0.25, -0.2) is 0 Å².